The lowest BCUT2D eigenvalue weighted by Gasteiger charge is -2.07. The largest absolute Gasteiger partial charge is 0.463 e. The van der Waals surface area contributed by atoms with Gasteiger partial charge < -0.3 is 9.47 Å². The van der Waals surface area contributed by atoms with E-state index in [1.54, 1.807) is 6.92 Å². The number of hydrogen-bond acceptors (Lipinski definition) is 4. The molecule has 1 aromatic rings. The van der Waals surface area contributed by atoms with Gasteiger partial charge in [-0.05, 0) is 24.5 Å². The van der Waals surface area contributed by atoms with E-state index in [9.17, 15) is 9.59 Å². The van der Waals surface area contributed by atoms with E-state index in [0.717, 1.165) is 12.0 Å². The van der Waals surface area contributed by atoms with E-state index in [1.807, 2.05) is 24.3 Å². The number of carbonyl (C=O) groups is 2. The summed E-state index contributed by atoms with van der Waals surface area (Å²) >= 11 is 0. The van der Waals surface area contributed by atoms with Crippen LogP contribution in [0.5, 0.6) is 0 Å². The lowest BCUT2D eigenvalue weighted by atomic mass is 10.1. The Balaban J connectivity index is 2.39. The van der Waals surface area contributed by atoms with E-state index in [0.29, 0.717) is 0 Å². The van der Waals surface area contributed by atoms with Crippen LogP contribution in [0, 0.1) is 0 Å². The van der Waals surface area contributed by atoms with Crippen molar-refractivity contribution in [3.8, 4) is 0 Å². The molecule has 4 heteroatoms. The summed E-state index contributed by atoms with van der Waals surface area (Å²) in [7, 11) is 0. The van der Waals surface area contributed by atoms with Gasteiger partial charge in [-0.1, -0.05) is 37.8 Å². The Morgan fingerprint density at radius 2 is 1.65 bits per heavy atom. The van der Waals surface area contributed by atoms with Gasteiger partial charge >= 0.3 is 11.9 Å². The first-order valence-electron chi connectivity index (χ1n) is 6.65. The minimum absolute atomic E-state index is 0.134. The van der Waals surface area contributed by atoms with E-state index in [4.69, 9.17) is 9.47 Å². The summed E-state index contributed by atoms with van der Waals surface area (Å²) < 4.78 is 9.74. The second kappa shape index (κ2) is 8.15. The topological polar surface area (TPSA) is 52.6 Å². The standard InChI is InChI=1S/C16H20O4/c1-4-13-6-8-14(9-7-13)10-15(17)20-11-12(3)16(18)19-5-2/h6-9H,3-5,10-11H2,1-2H3. The fraction of sp³-hybridized carbons (Fsp3) is 0.375. The van der Waals surface area contributed by atoms with Crippen LogP contribution < -0.4 is 0 Å². The molecule has 0 aliphatic carbocycles. The van der Waals surface area contributed by atoms with Gasteiger partial charge in [0.05, 0.1) is 18.6 Å². The van der Waals surface area contributed by atoms with Crippen molar-refractivity contribution in [2.75, 3.05) is 13.2 Å². The van der Waals surface area contributed by atoms with E-state index in [1.165, 1.54) is 5.56 Å². The Morgan fingerprint density at radius 1 is 1.05 bits per heavy atom. The summed E-state index contributed by atoms with van der Waals surface area (Å²) in [6.07, 6.45) is 1.14. The molecule has 0 amide bonds. The fourth-order valence-corrected chi connectivity index (χ4v) is 1.57. The van der Waals surface area contributed by atoms with Gasteiger partial charge in [0.15, 0.2) is 0 Å². The van der Waals surface area contributed by atoms with Crippen molar-refractivity contribution >= 4 is 11.9 Å². The third kappa shape index (κ3) is 5.26. The first-order valence-corrected chi connectivity index (χ1v) is 6.65. The normalized spacial score (nSPS) is 9.90. The van der Waals surface area contributed by atoms with E-state index < -0.39 is 5.97 Å². The summed E-state index contributed by atoms with van der Waals surface area (Å²) in [6.45, 7) is 7.44. The Morgan fingerprint density at radius 3 is 2.20 bits per heavy atom. The van der Waals surface area contributed by atoms with Gasteiger partial charge in [0.25, 0.3) is 0 Å². The van der Waals surface area contributed by atoms with Crippen molar-refractivity contribution in [3.63, 3.8) is 0 Å². The lowest BCUT2D eigenvalue weighted by Crippen LogP contribution is -2.15. The first kappa shape index (κ1) is 16.0. The summed E-state index contributed by atoms with van der Waals surface area (Å²) in [6, 6.07) is 7.78. The van der Waals surface area contributed by atoms with Crippen molar-refractivity contribution in [1.82, 2.24) is 0 Å². The molecule has 20 heavy (non-hydrogen) atoms. The first-order chi connectivity index (χ1) is 9.56. The maximum absolute atomic E-state index is 11.6. The maximum atomic E-state index is 11.6. The molecule has 0 N–H and O–H groups in total. The van der Waals surface area contributed by atoms with Crippen LogP contribution in [0.3, 0.4) is 0 Å². The number of esters is 2. The fourth-order valence-electron chi connectivity index (χ4n) is 1.57. The highest BCUT2D eigenvalue weighted by Gasteiger charge is 2.11. The molecule has 0 radical (unpaired) electrons. The third-order valence-electron chi connectivity index (χ3n) is 2.75. The van der Waals surface area contributed by atoms with E-state index >= 15 is 0 Å². The molecular formula is C16H20O4. The van der Waals surface area contributed by atoms with Crippen LogP contribution in [0.25, 0.3) is 0 Å². The highest BCUT2D eigenvalue weighted by Crippen LogP contribution is 2.07. The molecule has 0 heterocycles. The molecule has 0 spiro atoms. The molecule has 108 valence electrons. The smallest absolute Gasteiger partial charge is 0.336 e. The van der Waals surface area contributed by atoms with Crippen LogP contribution >= 0.6 is 0 Å². The highest BCUT2D eigenvalue weighted by atomic mass is 16.5. The van der Waals surface area contributed by atoms with Crippen LogP contribution in [0.1, 0.15) is 25.0 Å². The summed E-state index contributed by atoms with van der Waals surface area (Å²) in [5, 5.41) is 0. The van der Waals surface area contributed by atoms with Crippen LogP contribution in [-0.4, -0.2) is 25.2 Å². The van der Waals surface area contributed by atoms with Crippen molar-refractivity contribution in [2.45, 2.75) is 26.7 Å². The van der Waals surface area contributed by atoms with Crippen LogP contribution in [0.2, 0.25) is 0 Å². The van der Waals surface area contributed by atoms with Crippen molar-refractivity contribution < 1.29 is 19.1 Å². The van der Waals surface area contributed by atoms with Crippen LogP contribution in [0.4, 0.5) is 0 Å². The van der Waals surface area contributed by atoms with Gasteiger partial charge in [0.2, 0.25) is 0 Å². The zero-order valence-corrected chi connectivity index (χ0v) is 12.0. The molecule has 0 saturated heterocycles. The molecular weight excluding hydrogens is 256 g/mol. The lowest BCUT2D eigenvalue weighted by molar-refractivity contribution is -0.144. The summed E-state index contributed by atoms with van der Waals surface area (Å²) in [5.74, 6) is -0.924. The van der Waals surface area contributed by atoms with Crippen molar-refractivity contribution in [3.05, 3.63) is 47.5 Å². The van der Waals surface area contributed by atoms with E-state index in [-0.39, 0.29) is 31.2 Å². The van der Waals surface area contributed by atoms with Gasteiger partial charge in [-0.3, -0.25) is 4.79 Å². The average Bonchev–Trinajstić information content (AvgIpc) is 2.45. The van der Waals surface area contributed by atoms with Crippen molar-refractivity contribution in [2.24, 2.45) is 0 Å². The Labute approximate surface area is 119 Å². The van der Waals surface area contributed by atoms with Gasteiger partial charge in [-0.15, -0.1) is 0 Å². The number of carbonyl (C=O) groups excluding carboxylic acids is 2. The zero-order valence-electron chi connectivity index (χ0n) is 12.0. The molecule has 0 bridgehead atoms. The molecule has 0 fully saturated rings. The minimum atomic E-state index is -0.535. The second-order valence-electron chi connectivity index (χ2n) is 4.33. The predicted octanol–water partition coefficient (Wildman–Crippen LogP) is 2.45. The van der Waals surface area contributed by atoms with Crippen LogP contribution in [0.15, 0.2) is 36.4 Å². The Hall–Kier alpha value is -2.10. The number of ether oxygens (including phenoxy) is 2. The van der Waals surface area contributed by atoms with Gasteiger partial charge in [-0.25, -0.2) is 4.79 Å². The van der Waals surface area contributed by atoms with E-state index in [2.05, 4.69) is 13.5 Å². The van der Waals surface area contributed by atoms with Gasteiger partial charge in [-0.2, -0.15) is 0 Å². The second-order valence-corrected chi connectivity index (χ2v) is 4.33. The molecule has 0 unspecified atom stereocenters. The predicted molar refractivity (Wildman–Crippen MR) is 76.3 cm³/mol. The van der Waals surface area contributed by atoms with Gasteiger partial charge in [0.1, 0.15) is 6.61 Å². The Bertz CT molecular complexity index is 474. The quantitative estimate of drug-likeness (QED) is 0.567. The molecule has 1 rings (SSSR count). The molecule has 0 saturated carbocycles. The molecule has 0 aromatic heterocycles. The SMILES string of the molecule is C=C(COC(=O)Cc1ccc(CC)cc1)C(=O)OCC. The molecule has 0 aliphatic heterocycles. The summed E-state index contributed by atoms with van der Waals surface area (Å²) in [5.41, 5.74) is 2.24. The summed E-state index contributed by atoms with van der Waals surface area (Å²) in [4.78, 5) is 22.9. The van der Waals surface area contributed by atoms with Gasteiger partial charge in [0, 0.05) is 0 Å². The third-order valence-corrected chi connectivity index (χ3v) is 2.75. The minimum Gasteiger partial charge on any atom is -0.463 e. The maximum Gasteiger partial charge on any atom is 0.336 e. The number of hydrogen-bond donors (Lipinski definition) is 0. The molecule has 1 aromatic carbocycles. The van der Waals surface area contributed by atoms with Crippen LogP contribution in [-0.2, 0) is 31.9 Å². The highest BCUT2D eigenvalue weighted by molar-refractivity contribution is 5.88. The number of benzene rings is 1. The Kier molecular flexibility index (Phi) is 6.50. The molecule has 4 nitrogen and oxygen atoms in total. The number of aryl methyl sites for hydroxylation is 1. The zero-order chi connectivity index (χ0) is 15.0. The number of rotatable bonds is 7. The average molecular weight is 276 g/mol. The monoisotopic (exact) mass is 276 g/mol. The molecule has 0 aliphatic rings. The van der Waals surface area contributed by atoms with Crippen molar-refractivity contribution in [1.29, 1.82) is 0 Å². The molecule has 0 atom stereocenters.